The molecule has 2 rings (SSSR count). The summed E-state index contributed by atoms with van der Waals surface area (Å²) in [6.07, 6.45) is 0. The zero-order valence-corrected chi connectivity index (χ0v) is 12.7. The Hall–Kier alpha value is -1.81. The van der Waals surface area contributed by atoms with Crippen LogP contribution in [0.1, 0.15) is 41.6 Å². The van der Waals surface area contributed by atoms with Crippen LogP contribution in [0.5, 0.6) is 5.75 Å². The third-order valence-corrected chi connectivity index (χ3v) is 3.98. The van der Waals surface area contributed by atoms with Crippen LogP contribution in [0.3, 0.4) is 0 Å². The Bertz CT molecular complexity index is 608. The van der Waals surface area contributed by atoms with Crippen LogP contribution in [0.25, 0.3) is 0 Å². The molecule has 2 aromatic rings. The summed E-state index contributed by atoms with van der Waals surface area (Å²) in [6.45, 7) is 6.72. The van der Waals surface area contributed by atoms with Gasteiger partial charge in [0, 0.05) is 5.56 Å². The van der Waals surface area contributed by atoms with Crippen LogP contribution < -0.4 is 4.74 Å². The Kier molecular flexibility index (Phi) is 4.14. The molecule has 1 N–H and O–H groups in total. The van der Waals surface area contributed by atoms with Crippen LogP contribution in [-0.2, 0) is 12.0 Å². The van der Waals surface area contributed by atoms with Crippen LogP contribution in [0.2, 0.25) is 0 Å². The number of ether oxygens (including phenoxy) is 1. The molecule has 0 bridgehead atoms. The minimum Gasteiger partial charge on any atom is -0.489 e. The van der Waals surface area contributed by atoms with Gasteiger partial charge in [-0.05, 0) is 34.6 Å². The zero-order chi connectivity index (χ0) is 14.8. The summed E-state index contributed by atoms with van der Waals surface area (Å²) in [4.78, 5) is 11.4. The van der Waals surface area contributed by atoms with Gasteiger partial charge in [-0.15, -0.1) is 11.3 Å². The lowest BCUT2D eigenvalue weighted by molar-refractivity contribution is 0.0699. The number of aromatic carboxylic acids is 1. The lowest BCUT2D eigenvalue weighted by Crippen LogP contribution is -2.11. The van der Waals surface area contributed by atoms with E-state index >= 15 is 0 Å². The van der Waals surface area contributed by atoms with Crippen molar-refractivity contribution < 1.29 is 14.6 Å². The monoisotopic (exact) mass is 290 g/mol. The van der Waals surface area contributed by atoms with E-state index in [1.54, 1.807) is 11.4 Å². The van der Waals surface area contributed by atoms with E-state index in [-0.39, 0.29) is 12.0 Å². The van der Waals surface area contributed by atoms with E-state index in [9.17, 15) is 4.79 Å². The normalized spacial score (nSPS) is 11.3. The molecule has 106 valence electrons. The summed E-state index contributed by atoms with van der Waals surface area (Å²) in [5.41, 5.74) is 1.97. The molecule has 4 heteroatoms. The van der Waals surface area contributed by atoms with E-state index < -0.39 is 5.97 Å². The van der Waals surface area contributed by atoms with Gasteiger partial charge in [0.25, 0.3) is 0 Å². The summed E-state index contributed by atoms with van der Waals surface area (Å²) in [5, 5.41) is 10.8. The first-order chi connectivity index (χ1) is 9.38. The van der Waals surface area contributed by atoms with Gasteiger partial charge < -0.3 is 9.84 Å². The highest BCUT2D eigenvalue weighted by Crippen LogP contribution is 2.26. The maximum Gasteiger partial charge on any atom is 0.346 e. The molecule has 0 saturated carbocycles. The van der Waals surface area contributed by atoms with Gasteiger partial charge in [-0.25, -0.2) is 4.79 Å². The van der Waals surface area contributed by atoms with Crippen molar-refractivity contribution in [2.24, 2.45) is 0 Å². The molecule has 0 saturated heterocycles. The molecule has 0 radical (unpaired) electrons. The highest BCUT2D eigenvalue weighted by molar-refractivity contribution is 7.12. The van der Waals surface area contributed by atoms with Gasteiger partial charge in [0.1, 0.15) is 17.2 Å². The van der Waals surface area contributed by atoms with E-state index in [4.69, 9.17) is 9.84 Å². The van der Waals surface area contributed by atoms with Gasteiger partial charge in [0.15, 0.2) is 0 Å². The molecule has 0 unspecified atom stereocenters. The van der Waals surface area contributed by atoms with Gasteiger partial charge >= 0.3 is 5.97 Å². The molecule has 0 spiro atoms. The standard InChI is InChI=1S/C16H18O3S/c1-16(2,3)12-5-4-6-13(9-12)19-10-11-7-8-20-14(11)15(17)18/h4-9H,10H2,1-3H3,(H,17,18). The first kappa shape index (κ1) is 14.6. The number of carbonyl (C=O) groups is 1. The molecular formula is C16H18O3S. The van der Waals surface area contributed by atoms with E-state index in [0.717, 1.165) is 5.75 Å². The minimum atomic E-state index is -0.901. The second-order valence-corrected chi connectivity index (χ2v) is 6.56. The van der Waals surface area contributed by atoms with E-state index in [2.05, 4.69) is 26.8 Å². The number of hydrogen-bond acceptors (Lipinski definition) is 3. The lowest BCUT2D eigenvalue weighted by Gasteiger charge is -2.19. The molecule has 1 heterocycles. The number of carboxylic acids is 1. The Morgan fingerprint density at radius 1 is 1.30 bits per heavy atom. The van der Waals surface area contributed by atoms with Crippen molar-refractivity contribution in [3.8, 4) is 5.75 Å². The van der Waals surface area contributed by atoms with Crippen LogP contribution in [0.4, 0.5) is 0 Å². The number of carboxylic acid groups (broad SMARTS) is 1. The highest BCUT2D eigenvalue weighted by Gasteiger charge is 2.15. The first-order valence-corrected chi connectivity index (χ1v) is 7.29. The fraction of sp³-hybridized carbons (Fsp3) is 0.312. The van der Waals surface area contributed by atoms with Crippen LogP contribution in [0.15, 0.2) is 35.7 Å². The second-order valence-electron chi connectivity index (χ2n) is 5.65. The fourth-order valence-electron chi connectivity index (χ4n) is 1.85. The smallest absolute Gasteiger partial charge is 0.346 e. The fourth-order valence-corrected chi connectivity index (χ4v) is 2.60. The maximum absolute atomic E-state index is 11.0. The van der Waals surface area contributed by atoms with Crippen molar-refractivity contribution in [1.82, 2.24) is 0 Å². The number of hydrogen-bond donors (Lipinski definition) is 1. The van der Waals surface area contributed by atoms with Crippen molar-refractivity contribution in [3.63, 3.8) is 0 Å². The molecule has 0 aliphatic carbocycles. The Balaban J connectivity index is 2.11. The van der Waals surface area contributed by atoms with Crippen molar-refractivity contribution in [2.45, 2.75) is 32.8 Å². The summed E-state index contributed by atoms with van der Waals surface area (Å²) >= 11 is 1.22. The molecular weight excluding hydrogens is 272 g/mol. The molecule has 1 aromatic heterocycles. The number of thiophene rings is 1. The first-order valence-electron chi connectivity index (χ1n) is 6.41. The van der Waals surface area contributed by atoms with Crippen LogP contribution >= 0.6 is 11.3 Å². The predicted octanol–water partition coefficient (Wildman–Crippen LogP) is 4.32. The van der Waals surface area contributed by atoms with Crippen molar-refractivity contribution in [2.75, 3.05) is 0 Å². The summed E-state index contributed by atoms with van der Waals surface area (Å²) in [7, 11) is 0. The molecule has 0 aliphatic rings. The molecule has 3 nitrogen and oxygen atoms in total. The van der Waals surface area contributed by atoms with Gasteiger partial charge in [-0.2, -0.15) is 0 Å². The van der Waals surface area contributed by atoms with Gasteiger partial charge in [0.2, 0.25) is 0 Å². The largest absolute Gasteiger partial charge is 0.489 e. The van der Waals surface area contributed by atoms with E-state index in [1.165, 1.54) is 16.9 Å². The minimum absolute atomic E-state index is 0.0635. The van der Waals surface area contributed by atoms with Crippen molar-refractivity contribution in [1.29, 1.82) is 0 Å². The van der Waals surface area contributed by atoms with E-state index in [0.29, 0.717) is 10.4 Å². The van der Waals surface area contributed by atoms with Gasteiger partial charge in [-0.3, -0.25) is 0 Å². The molecule has 1 aromatic carbocycles. The molecule has 20 heavy (non-hydrogen) atoms. The number of benzene rings is 1. The highest BCUT2D eigenvalue weighted by atomic mass is 32.1. The quantitative estimate of drug-likeness (QED) is 0.912. The van der Waals surface area contributed by atoms with Gasteiger partial charge in [-0.1, -0.05) is 32.9 Å². The molecule has 0 fully saturated rings. The summed E-state index contributed by atoms with van der Waals surface area (Å²) < 4.78 is 5.72. The Morgan fingerprint density at radius 3 is 2.70 bits per heavy atom. The summed E-state index contributed by atoms with van der Waals surface area (Å²) in [5.74, 6) is -0.137. The van der Waals surface area contributed by atoms with Crippen LogP contribution in [0, 0.1) is 0 Å². The third-order valence-electron chi connectivity index (χ3n) is 3.04. The molecule has 0 aliphatic heterocycles. The Morgan fingerprint density at radius 2 is 2.05 bits per heavy atom. The average molecular weight is 290 g/mol. The van der Waals surface area contributed by atoms with Gasteiger partial charge in [0.05, 0.1) is 0 Å². The Labute approximate surface area is 122 Å². The molecule has 0 amide bonds. The van der Waals surface area contributed by atoms with Crippen LogP contribution in [-0.4, -0.2) is 11.1 Å². The van der Waals surface area contributed by atoms with Crippen molar-refractivity contribution >= 4 is 17.3 Å². The summed E-state index contributed by atoms with van der Waals surface area (Å²) in [6, 6.07) is 9.72. The van der Waals surface area contributed by atoms with Crippen molar-refractivity contribution in [3.05, 3.63) is 51.7 Å². The number of rotatable bonds is 4. The average Bonchev–Trinajstić information content (AvgIpc) is 2.84. The second kappa shape index (κ2) is 5.67. The van der Waals surface area contributed by atoms with E-state index in [1.807, 2.05) is 18.2 Å². The predicted molar refractivity (Wildman–Crippen MR) is 80.8 cm³/mol. The lowest BCUT2D eigenvalue weighted by atomic mass is 9.87. The zero-order valence-electron chi connectivity index (χ0n) is 11.8. The molecule has 0 atom stereocenters. The third kappa shape index (κ3) is 3.39. The SMILES string of the molecule is CC(C)(C)c1cccc(OCc2ccsc2C(=O)O)c1. The topological polar surface area (TPSA) is 46.5 Å². The maximum atomic E-state index is 11.0.